The van der Waals surface area contributed by atoms with Gasteiger partial charge in [0.2, 0.25) is 5.75 Å². The first-order valence-electron chi connectivity index (χ1n) is 7.73. The number of benzene rings is 2. The first kappa shape index (κ1) is 16.0. The van der Waals surface area contributed by atoms with Crippen LogP contribution in [-0.4, -0.2) is 32.8 Å². The predicted molar refractivity (Wildman–Crippen MR) is 89.5 cm³/mol. The van der Waals surface area contributed by atoms with Crippen LogP contribution in [0.1, 0.15) is 17.3 Å². The van der Waals surface area contributed by atoms with Crippen LogP contribution in [0.25, 0.3) is 0 Å². The van der Waals surface area contributed by atoms with E-state index >= 15 is 0 Å². The number of rotatable bonds is 5. The highest BCUT2D eigenvalue weighted by atomic mass is 16.6. The summed E-state index contributed by atoms with van der Waals surface area (Å²) in [6.45, 7) is 3.43. The molecule has 1 N–H and O–H groups in total. The van der Waals surface area contributed by atoms with E-state index in [0.29, 0.717) is 48.3 Å². The molecule has 24 heavy (non-hydrogen) atoms. The van der Waals surface area contributed by atoms with Gasteiger partial charge in [0, 0.05) is 11.3 Å². The Labute approximate surface area is 140 Å². The Bertz CT molecular complexity index is 710. The highest BCUT2D eigenvalue weighted by Gasteiger charge is 2.21. The molecule has 3 rings (SSSR count). The van der Waals surface area contributed by atoms with Crippen LogP contribution in [0.15, 0.2) is 36.4 Å². The lowest BCUT2D eigenvalue weighted by atomic mass is 10.1. The lowest BCUT2D eigenvalue weighted by molar-refractivity contribution is 0.102. The van der Waals surface area contributed by atoms with Crippen molar-refractivity contribution in [3.05, 3.63) is 42.0 Å². The zero-order valence-electron chi connectivity index (χ0n) is 13.6. The van der Waals surface area contributed by atoms with Gasteiger partial charge in [-0.1, -0.05) is 0 Å². The van der Waals surface area contributed by atoms with Crippen molar-refractivity contribution in [2.24, 2.45) is 0 Å². The van der Waals surface area contributed by atoms with E-state index in [-0.39, 0.29) is 5.91 Å². The predicted octanol–water partition coefficient (Wildman–Crippen LogP) is 3.12. The SMILES string of the molecule is CCOc1ccc(NC(=O)c2cc(OC)c3c(c2)OCCO3)cc1. The fourth-order valence-corrected chi connectivity index (χ4v) is 2.41. The van der Waals surface area contributed by atoms with E-state index in [1.807, 2.05) is 19.1 Å². The van der Waals surface area contributed by atoms with Gasteiger partial charge < -0.3 is 24.3 Å². The van der Waals surface area contributed by atoms with E-state index in [0.717, 1.165) is 5.75 Å². The molecule has 0 aliphatic carbocycles. The van der Waals surface area contributed by atoms with Crippen LogP contribution < -0.4 is 24.3 Å². The molecule has 2 aromatic rings. The second kappa shape index (κ2) is 7.12. The molecule has 1 heterocycles. The average molecular weight is 329 g/mol. The molecular weight excluding hydrogens is 310 g/mol. The van der Waals surface area contributed by atoms with Crippen molar-refractivity contribution in [2.45, 2.75) is 6.92 Å². The second-order valence-corrected chi connectivity index (χ2v) is 5.11. The summed E-state index contributed by atoms with van der Waals surface area (Å²) >= 11 is 0. The minimum absolute atomic E-state index is 0.255. The molecule has 0 atom stereocenters. The molecule has 0 bridgehead atoms. The fourth-order valence-electron chi connectivity index (χ4n) is 2.41. The van der Waals surface area contributed by atoms with Gasteiger partial charge in [-0.3, -0.25) is 4.79 Å². The maximum Gasteiger partial charge on any atom is 0.255 e. The largest absolute Gasteiger partial charge is 0.494 e. The molecule has 0 spiro atoms. The zero-order chi connectivity index (χ0) is 16.9. The van der Waals surface area contributed by atoms with E-state index in [4.69, 9.17) is 18.9 Å². The Morgan fingerprint density at radius 1 is 1.17 bits per heavy atom. The lowest BCUT2D eigenvalue weighted by Crippen LogP contribution is -2.18. The van der Waals surface area contributed by atoms with Crippen molar-refractivity contribution in [3.63, 3.8) is 0 Å². The fraction of sp³-hybridized carbons (Fsp3) is 0.278. The Hall–Kier alpha value is -2.89. The van der Waals surface area contributed by atoms with E-state index < -0.39 is 0 Å². The van der Waals surface area contributed by atoms with Crippen molar-refractivity contribution in [2.75, 3.05) is 32.2 Å². The van der Waals surface area contributed by atoms with Gasteiger partial charge in [0.25, 0.3) is 5.91 Å². The number of carbonyl (C=O) groups is 1. The third kappa shape index (κ3) is 3.37. The Morgan fingerprint density at radius 3 is 2.62 bits per heavy atom. The molecule has 0 radical (unpaired) electrons. The van der Waals surface area contributed by atoms with Crippen LogP contribution in [0.4, 0.5) is 5.69 Å². The summed E-state index contributed by atoms with van der Waals surface area (Å²) in [5.74, 6) is 2.02. The standard InChI is InChI=1S/C18H19NO5/c1-3-22-14-6-4-13(5-7-14)19-18(20)12-10-15(21-2)17-16(11-12)23-8-9-24-17/h4-7,10-11H,3,8-9H2,1-2H3,(H,19,20). The van der Waals surface area contributed by atoms with Crippen molar-refractivity contribution in [1.82, 2.24) is 0 Å². The van der Waals surface area contributed by atoms with Crippen molar-refractivity contribution in [1.29, 1.82) is 0 Å². The Morgan fingerprint density at radius 2 is 1.92 bits per heavy atom. The van der Waals surface area contributed by atoms with E-state index in [2.05, 4.69) is 5.32 Å². The number of methoxy groups -OCH3 is 1. The molecule has 1 aliphatic heterocycles. The maximum atomic E-state index is 12.5. The Kier molecular flexibility index (Phi) is 4.74. The highest BCUT2D eigenvalue weighted by Crippen LogP contribution is 2.40. The molecule has 0 aromatic heterocycles. The van der Waals surface area contributed by atoms with Gasteiger partial charge in [-0.05, 0) is 43.3 Å². The number of hydrogen-bond donors (Lipinski definition) is 1. The number of ether oxygens (including phenoxy) is 4. The molecule has 6 nitrogen and oxygen atoms in total. The lowest BCUT2D eigenvalue weighted by Gasteiger charge is -2.21. The monoisotopic (exact) mass is 329 g/mol. The van der Waals surface area contributed by atoms with Crippen LogP contribution in [-0.2, 0) is 0 Å². The van der Waals surface area contributed by atoms with Crippen molar-refractivity contribution in [3.8, 4) is 23.0 Å². The van der Waals surface area contributed by atoms with Gasteiger partial charge in [-0.25, -0.2) is 0 Å². The molecule has 1 amide bonds. The molecule has 0 unspecified atom stereocenters. The topological polar surface area (TPSA) is 66.0 Å². The average Bonchev–Trinajstić information content (AvgIpc) is 2.62. The number of fused-ring (bicyclic) bond motifs is 1. The minimum Gasteiger partial charge on any atom is -0.494 e. The summed E-state index contributed by atoms with van der Waals surface area (Å²) in [5.41, 5.74) is 1.11. The smallest absolute Gasteiger partial charge is 0.255 e. The summed E-state index contributed by atoms with van der Waals surface area (Å²) in [4.78, 5) is 12.5. The van der Waals surface area contributed by atoms with Gasteiger partial charge in [-0.2, -0.15) is 0 Å². The van der Waals surface area contributed by atoms with E-state index in [1.165, 1.54) is 7.11 Å². The molecule has 0 fully saturated rings. The third-order valence-corrected chi connectivity index (χ3v) is 3.51. The van der Waals surface area contributed by atoms with Gasteiger partial charge in [0.15, 0.2) is 11.5 Å². The van der Waals surface area contributed by atoms with Crippen LogP contribution in [0.5, 0.6) is 23.0 Å². The van der Waals surface area contributed by atoms with Gasteiger partial charge >= 0.3 is 0 Å². The normalized spacial score (nSPS) is 12.4. The summed E-state index contributed by atoms with van der Waals surface area (Å²) in [7, 11) is 1.53. The molecule has 0 saturated heterocycles. The molecule has 0 saturated carbocycles. The molecule has 6 heteroatoms. The number of nitrogens with one attached hydrogen (secondary N) is 1. The molecule has 2 aromatic carbocycles. The van der Waals surface area contributed by atoms with Crippen LogP contribution in [0.2, 0.25) is 0 Å². The van der Waals surface area contributed by atoms with Crippen molar-refractivity contribution >= 4 is 11.6 Å². The van der Waals surface area contributed by atoms with E-state index in [1.54, 1.807) is 24.3 Å². The minimum atomic E-state index is -0.255. The second-order valence-electron chi connectivity index (χ2n) is 5.11. The first-order chi connectivity index (χ1) is 11.7. The molecular formula is C18H19NO5. The molecule has 1 aliphatic rings. The number of carbonyl (C=O) groups excluding carboxylic acids is 1. The third-order valence-electron chi connectivity index (χ3n) is 3.51. The van der Waals surface area contributed by atoms with Crippen LogP contribution in [0.3, 0.4) is 0 Å². The number of amides is 1. The number of anilines is 1. The summed E-state index contributed by atoms with van der Waals surface area (Å²) in [5, 5.41) is 2.84. The first-order valence-corrected chi connectivity index (χ1v) is 7.73. The van der Waals surface area contributed by atoms with E-state index in [9.17, 15) is 4.79 Å². The van der Waals surface area contributed by atoms with Crippen molar-refractivity contribution < 1.29 is 23.7 Å². The van der Waals surface area contributed by atoms with Crippen LogP contribution >= 0.6 is 0 Å². The number of hydrogen-bond acceptors (Lipinski definition) is 5. The zero-order valence-corrected chi connectivity index (χ0v) is 13.6. The highest BCUT2D eigenvalue weighted by molar-refractivity contribution is 6.05. The Balaban J connectivity index is 1.79. The quantitative estimate of drug-likeness (QED) is 0.913. The summed E-state index contributed by atoms with van der Waals surface area (Å²) in [6, 6.07) is 10.5. The summed E-state index contributed by atoms with van der Waals surface area (Å²) in [6.07, 6.45) is 0. The van der Waals surface area contributed by atoms with Gasteiger partial charge in [-0.15, -0.1) is 0 Å². The summed E-state index contributed by atoms with van der Waals surface area (Å²) < 4.78 is 21.8. The van der Waals surface area contributed by atoms with Gasteiger partial charge in [0.05, 0.1) is 13.7 Å². The molecule has 126 valence electrons. The van der Waals surface area contributed by atoms with Gasteiger partial charge in [0.1, 0.15) is 19.0 Å². The van der Waals surface area contributed by atoms with Crippen LogP contribution in [0, 0.1) is 0 Å². The maximum absolute atomic E-state index is 12.5.